The molecule has 8 heteroatoms. The average molecular weight is 362 g/mol. The summed E-state index contributed by atoms with van der Waals surface area (Å²) in [6, 6.07) is 4.52. The van der Waals surface area contributed by atoms with E-state index in [-0.39, 0.29) is 6.54 Å². The van der Waals surface area contributed by atoms with E-state index in [1.54, 1.807) is 31.3 Å². The molecular weight excluding hydrogens is 336 g/mol. The molecule has 142 valence electrons. The van der Waals surface area contributed by atoms with E-state index >= 15 is 0 Å². The first kappa shape index (κ1) is 19.8. The SMILES string of the molecule is CC(C)CCOCCNC(=O)CN1C(=O)NC(C)(c2ccccn2)C1=O. The Morgan fingerprint density at radius 3 is 2.77 bits per heavy atom. The minimum atomic E-state index is -1.27. The minimum Gasteiger partial charge on any atom is -0.380 e. The minimum absolute atomic E-state index is 0.331. The first-order chi connectivity index (χ1) is 12.3. The number of carbonyl (C=O) groups excluding carboxylic acids is 3. The Morgan fingerprint density at radius 2 is 2.12 bits per heavy atom. The van der Waals surface area contributed by atoms with Crippen LogP contribution in [-0.4, -0.2) is 54.0 Å². The number of ether oxygens (including phenoxy) is 1. The van der Waals surface area contributed by atoms with Crippen LogP contribution >= 0.6 is 0 Å². The molecular formula is C18H26N4O4. The van der Waals surface area contributed by atoms with E-state index in [2.05, 4.69) is 29.5 Å². The molecule has 1 aliphatic heterocycles. The lowest BCUT2D eigenvalue weighted by molar-refractivity contribution is -0.135. The predicted molar refractivity (Wildman–Crippen MR) is 95.1 cm³/mol. The number of aromatic nitrogens is 1. The van der Waals surface area contributed by atoms with Crippen molar-refractivity contribution in [2.45, 2.75) is 32.7 Å². The second-order valence-electron chi connectivity index (χ2n) is 6.81. The van der Waals surface area contributed by atoms with Crippen LogP contribution in [0.5, 0.6) is 0 Å². The zero-order valence-electron chi connectivity index (χ0n) is 15.4. The van der Waals surface area contributed by atoms with Crippen molar-refractivity contribution in [2.75, 3.05) is 26.3 Å². The molecule has 1 aromatic rings. The van der Waals surface area contributed by atoms with Gasteiger partial charge in [-0.05, 0) is 31.4 Å². The summed E-state index contributed by atoms with van der Waals surface area (Å²) in [5, 5.41) is 5.27. The van der Waals surface area contributed by atoms with Gasteiger partial charge in [0.15, 0.2) is 5.54 Å². The maximum absolute atomic E-state index is 12.7. The molecule has 2 N–H and O–H groups in total. The molecule has 0 radical (unpaired) electrons. The molecule has 1 fully saturated rings. The Bertz CT molecular complexity index is 650. The molecule has 2 heterocycles. The van der Waals surface area contributed by atoms with Gasteiger partial charge in [0.05, 0.1) is 12.3 Å². The third kappa shape index (κ3) is 4.78. The summed E-state index contributed by atoms with van der Waals surface area (Å²) in [4.78, 5) is 41.9. The van der Waals surface area contributed by atoms with Crippen LogP contribution in [0.2, 0.25) is 0 Å². The summed E-state index contributed by atoms with van der Waals surface area (Å²) in [7, 11) is 0. The molecule has 2 rings (SSSR count). The number of carbonyl (C=O) groups is 3. The monoisotopic (exact) mass is 362 g/mol. The van der Waals surface area contributed by atoms with E-state index in [4.69, 9.17) is 4.74 Å². The van der Waals surface area contributed by atoms with Gasteiger partial charge in [0.2, 0.25) is 5.91 Å². The van der Waals surface area contributed by atoms with Crippen molar-refractivity contribution < 1.29 is 19.1 Å². The molecule has 1 aliphatic rings. The fraction of sp³-hybridized carbons (Fsp3) is 0.556. The number of urea groups is 1. The van der Waals surface area contributed by atoms with Gasteiger partial charge in [-0.1, -0.05) is 19.9 Å². The first-order valence-electron chi connectivity index (χ1n) is 8.74. The lowest BCUT2D eigenvalue weighted by Crippen LogP contribution is -2.44. The highest BCUT2D eigenvalue weighted by Gasteiger charge is 2.50. The molecule has 8 nitrogen and oxygen atoms in total. The topological polar surface area (TPSA) is 101 Å². The van der Waals surface area contributed by atoms with Crippen LogP contribution in [0.3, 0.4) is 0 Å². The number of rotatable bonds is 9. The normalized spacial score (nSPS) is 19.8. The number of nitrogens with zero attached hydrogens (tertiary/aromatic N) is 2. The molecule has 0 spiro atoms. The Balaban J connectivity index is 1.83. The predicted octanol–water partition coefficient (Wildman–Crippen LogP) is 1.03. The number of nitrogens with one attached hydrogen (secondary N) is 2. The van der Waals surface area contributed by atoms with Crippen LogP contribution in [0.25, 0.3) is 0 Å². The molecule has 26 heavy (non-hydrogen) atoms. The second-order valence-corrected chi connectivity index (χ2v) is 6.81. The zero-order valence-corrected chi connectivity index (χ0v) is 15.4. The van der Waals surface area contributed by atoms with Gasteiger partial charge in [-0.15, -0.1) is 0 Å². The van der Waals surface area contributed by atoms with Crippen molar-refractivity contribution in [1.29, 1.82) is 0 Å². The van der Waals surface area contributed by atoms with Crippen molar-refractivity contribution in [1.82, 2.24) is 20.5 Å². The van der Waals surface area contributed by atoms with Crippen molar-refractivity contribution in [3.8, 4) is 0 Å². The van der Waals surface area contributed by atoms with Crippen LogP contribution in [0, 0.1) is 5.92 Å². The Hall–Kier alpha value is -2.48. The lowest BCUT2D eigenvalue weighted by Gasteiger charge is -2.20. The molecule has 4 amide bonds. The fourth-order valence-electron chi connectivity index (χ4n) is 2.56. The summed E-state index contributed by atoms with van der Waals surface area (Å²) in [6.07, 6.45) is 2.51. The molecule has 1 saturated heterocycles. The van der Waals surface area contributed by atoms with Crippen LogP contribution < -0.4 is 10.6 Å². The highest BCUT2D eigenvalue weighted by molar-refractivity contribution is 6.08. The van der Waals surface area contributed by atoms with E-state index in [0.29, 0.717) is 31.4 Å². The summed E-state index contributed by atoms with van der Waals surface area (Å²) in [5.41, 5.74) is -0.835. The summed E-state index contributed by atoms with van der Waals surface area (Å²) < 4.78 is 5.42. The van der Waals surface area contributed by atoms with Gasteiger partial charge < -0.3 is 15.4 Å². The fourth-order valence-corrected chi connectivity index (χ4v) is 2.56. The summed E-state index contributed by atoms with van der Waals surface area (Å²) in [5.74, 6) is -0.339. The second kappa shape index (κ2) is 8.75. The molecule has 1 unspecified atom stereocenters. The van der Waals surface area contributed by atoms with Crippen molar-refractivity contribution in [3.63, 3.8) is 0 Å². The zero-order chi connectivity index (χ0) is 19.2. The van der Waals surface area contributed by atoms with Crippen LogP contribution in [-0.2, 0) is 19.9 Å². The average Bonchev–Trinajstić information content (AvgIpc) is 2.83. The highest BCUT2D eigenvalue weighted by Crippen LogP contribution is 2.26. The third-order valence-electron chi connectivity index (χ3n) is 4.16. The quantitative estimate of drug-likeness (QED) is 0.505. The number of hydrogen-bond acceptors (Lipinski definition) is 5. The largest absolute Gasteiger partial charge is 0.380 e. The van der Waals surface area contributed by atoms with Gasteiger partial charge in [-0.25, -0.2) is 4.79 Å². The number of hydrogen-bond donors (Lipinski definition) is 2. The van der Waals surface area contributed by atoms with Gasteiger partial charge >= 0.3 is 6.03 Å². The molecule has 1 atom stereocenters. The van der Waals surface area contributed by atoms with Crippen molar-refractivity contribution in [3.05, 3.63) is 30.1 Å². The number of amides is 4. The van der Waals surface area contributed by atoms with Gasteiger partial charge in [-0.2, -0.15) is 0 Å². The van der Waals surface area contributed by atoms with Crippen LogP contribution in [0.4, 0.5) is 4.79 Å². The first-order valence-corrected chi connectivity index (χ1v) is 8.74. The number of imide groups is 1. The van der Waals surface area contributed by atoms with Crippen molar-refractivity contribution in [2.24, 2.45) is 5.92 Å². The summed E-state index contributed by atoms with van der Waals surface area (Å²) >= 11 is 0. The van der Waals surface area contributed by atoms with Gasteiger partial charge in [0.25, 0.3) is 5.91 Å². The van der Waals surface area contributed by atoms with E-state index < -0.39 is 23.4 Å². The van der Waals surface area contributed by atoms with Gasteiger partial charge in [0.1, 0.15) is 6.54 Å². The lowest BCUT2D eigenvalue weighted by atomic mass is 9.97. The van der Waals surface area contributed by atoms with E-state index in [1.165, 1.54) is 0 Å². The summed E-state index contributed by atoms with van der Waals surface area (Å²) in [6.45, 7) is 6.84. The number of pyridine rings is 1. The van der Waals surface area contributed by atoms with Crippen molar-refractivity contribution >= 4 is 17.8 Å². The maximum Gasteiger partial charge on any atom is 0.325 e. The molecule has 0 bridgehead atoms. The van der Waals surface area contributed by atoms with E-state index in [0.717, 1.165) is 11.3 Å². The van der Waals surface area contributed by atoms with Gasteiger partial charge in [-0.3, -0.25) is 19.5 Å². The Kier molecular flexibility index (Phi) is 6.68. The van der Waals surface area contributed by atoms with Crippen LogP contribution in [0.1, 0.15) is 32.9 Å². The molecule has 0 aromatic carbocycles. The standard InChI is InChI=1S/C18H26N4O4/c1-13(2)7-10-26-11-9-20-15(23)12-22-16(24)18(3,21-17(22)25)14-6-4-5-8-19-14/h4-6,8,13H,7,9-12H2,1-3H3,(H,20,23)(H,21,25). The third-order valence-corrected chi connectivity index (χ3v) is 4.16. The molecule has 0 saturated carbocycles. The molecule has 0 aliphatic carbocycles. The van der Waals surface area contributed by atoms with Crippen LogP contribution in [0.15, 0.2) is 24.4 Å². The Morgan fingerprint density at radius 1 is 1.35 bits per heavy atom. The van der Waals surface area contributed by atoms with Gasteiger partial charge in [0, 0.05) is 19.3 Å². The van der Waals surface area contributed by atoms with E-state index in [9.17, 15) is 14.4 Å². The smallest absolute Gasteiger partial charge is 0.325 e. The van der Waals surface area contributed by atoms with E-state index in [1.807, 2.05) is 0 Å². The molecule has 1 aromatic heterocycles. The maximum atomic E-state index is 12.7. The Labute approximate surface area is 153 Å². The highest BCUT2D eigenvalue weighted by atomic mass is 16.5.